The van der Waals surface area contributed by atoms with Crippen molar-refractivity contribution in [2.75, 3.05) is 18.0 Å². The number of hydrogen-bond donors (Lipinski definition) is 1. The predicted molar refractivity (Wildman–Crippen MR) is 129 cm³/mol. The van der Waals surface area contributed by atoms with Crippen LogP contribution in [0.15, 0.2) is 77.7 Å². The van der Waals surface area contributed by atoms with Crippen LogP contribution in [-0.2, 0) is 14.8 Å². The average molecular weight is 451 g/mol. The van der Waals surface area contributed by atoms with Crippen molar-refractivity contribution in [2.24, 2.45) is 5.92 Å². The molecule has 1 amide bonds. The molecule has 0 bridgehead atoms. The number of carbonyl (C=O) groups excluding carboxylic acids is 1. The molecule has 168 valence electrons. The number of anilines is 1. The summed E-state index contributed by atoms with van der Waals surface area (Å²) in [5.41, 5.74) is 0.875. The van der Waals surface area contributed by atoms with Gasteiger partial charge < -0.3 is 4.90 Å². The largest absolute Gasteiger partial charge is 0.312 e. The van der Waals surface area contributed by atoms with Crippen LogP contribution in [0.1, 0.15) is 38.5 Å². The van der Waals surface area contributed by atoms with Crippen molar-refractivity contribution in [1.29, 1.82) is 0 Å². The van der Waals surface area contributed by atoms with E-state index in [-0.39, 0.29) is 23.3 Å². The fraction of sp³-hybridized carbons (Fsp3) is 0.346. The fourth-order valence-electron chi connectivity index (χ4n) is 4.50. The van der Waals surface area contributed by atoms with Crippen LogP contribution in [0.2, 0.25) is 0 Å². The van der Waals surface area contributed by atoms with Crippen LogP contribution in [0, 0.1) is 5.92 Å². The van der Waals surface area contributed by atoms with Crippen molar-refractivity contribution in [3.8, 4) is 0 Å². The van der Waals surface area contributed by atoms with Crippen molar-refractivity contribution in [2.45, 2.75) is 43.4 Å². The third kappa shape index (κ3) is 5.19. The Balaban J connectivity index is 1.43. The van der Waals surface area contributed by atoms with Gasteiger partial charge in [-0.15, -0.1) is 0 Å². The highest BCUT2D eigenvalue weighted by molar-refractivity contribution is 7.89. The molecule has 3 aromatic carbocycles. The highest BCUT2D eigenvalue weighted by Crippen LogP contribution is 2.28. The Bertz CT molecular complexity index is 1150. The predicted octanol–water partition coefficient (Wildman–Crippen LogP) is 5.12. The molecule has 0 heterocycles. The van der Waals surface area contributed by atoms with Gasteiger partial charge in [0.25, 0.3) is 0 Å². The molecular weight excluding hydrogens is 420 g/mol. The Morgan fingerprint density at radius 3 is 2.34 bits per heavy atom. The first-order chi connectivity index (χ1) is 15.6. The van der Waals surface area contributed by atoms with E-state index < -0.39 is 10.0 Å². The second kappa shape index (κ2) is 10.3. The number of para-hydroxylation sites is 1. The summed E-state index contributed by atoms with van der Waals surface area (Å²) >= 11 is 0. The number of nitrogens with zero attached hydrogens (tertiary/aromatic N) is 1. The SMILES string of the molecule is O=C(C1CCCCC1)N(CCCNS(=O)(=O)c1cccc2ccccc12)c1ccccc1. The molecule has 4 rings (SSSR count). The maximum atomic E-state index is 13.2. The molecule has 5 nitrogen and oxygen atoms in total. The topological polar surface area (TPSA) is 66.5 Å². The lowest BCUT2D eigenvalue weighted by atomic mass is 9.88. The number of amides is 1. The molecular formula is C26H30N2O3S. The second-order valence-corrected chi connectivity index (χ2v) is 10.1. The third-order valence-electron chi connectivity index (χ3n) is 6.18. The Hall–Kier alpha value is -2.70. The number of hydrogen-bond acceptors (Lipinski definition) is 3. The molecule has 1 fully saturated rings. The van der Waals surface area contributed by atoms with Crippen LogP contribution in [0.3, 0.4) is 0 Å². The molecule has 6 heteroatoms. The fourth-order valence-corrected chi connectivity index (χ4v) is 5.80. The average Bonchev–Trinajstić information content (AvgIpc) is 2.84. The van der Waals surface area contributed by atoms with Crippen LogP contribution in [0.4, 0.5) is 5.69 Å². The van der Waals surface area contributed by atoms with E-state index in [9.17, 15) is 13.2 Å². The lowest BCUT2D eigenvalue weighted by Crippen LogP contribution is -2.39. The van der Waals surface area contributed by atoms with Crippen LogP contribution in [0.5, 0.6) is 0 Å². The van der Waals surface area contributed by atoms with Crippen LogP contribution in [0.25, 0.3) is 10.8 Å². The van der Waals surface area contributed by atoms with E-state index in [0.717, 1.165) is 36.8 Å². The Kier molecular flexibility index (Phi) is 7.22. The Morgan fingerprint density at radius 1 is 0.875 bits per heavy atom. The lowest BCUT2D eigenvalue weighted by molar-refractivity contribution is -0.123. The molecule has 0 aliphatic heterocycles. The molecule has 0 spiro atoms. The quantitative estimate of drug-likeness (QED) is 0.484. The second-order valence-electron chi connectivity index (χ2n) is 8.39. The number of sulfonamides is 1. The highest BCUT2D eigenvalue weighted by Gasteiger charge is 2.27. The maximum absolute atomic E-state index is 13.2. The summed E-state index contributed by atoms with van der Waals surface area (Å²) in [7, 11) is -3.64. The van der Waals surface area contributed by atoms with Crippen LogP contribution >= 0.6 is 0 Å². The lowest BCUT2D eigenvalue weighted by Gasteiger charge is -2.29. The number of fused-ring (bicyclic) bond motifs is 1. The normalized spacial score (nSPS) is 15.0. The van der Waals surface area contributed by atoms with Crippen molar-refractivity contribution >= 4 is 32.4 Å². The minimum Gasteiger partial charge on any atom is -0.312 e. The van der Waals surface area contributed by atoms with Gasteiger partial charge in [0.2, 0.25) is 15.9 Å². The zero-order chi connectivity index (χ0) is 22.4. The van der Waals surface area contributed by atoms with E-state index in [1.807, 2.05) is 65.6 Å². The molecule has 1 aliphatic rings. The molecule has 1 aliphatic carbocycles. The first-order valence-electron chi connectivity index (χ1n) is 11.4. The molecule has 0 atom stereocenters. The molecule has 1 N–H and O–H groups in total. The van der Waals surface area contributed by atoms with E-state index in [4.69, 9.17) is 0 Å². The summed E-state index contributed by atoms with van der Waals surface area (Å²) in [6.45, 7) is 0.754. The summed E-state index contributed by atoms with van der Waals surface area (Å²) in [5, 5.41) is 1.60. The summed E-state index contributed by atoms with van der Waals surface area (Å²) < 4.78 is 28.6. The van der Waals surface area contributed by atoms with Crippen molar-refractivity contribution in [3.63, 3.8) is 0 Å². The van der Waals surface area contributed by atoms with Gasteiger partial charge in [-0.05, 0) is 42.8 Å². The van der Waals surface area contributed by atoms with Crippen molar-refractivity contribution in [3.05, 3.63) is 72.8 Å². The van der Waals surface area contributed by atoms with Crippen LogP contribution in [-0.4, -0.2) is 27.4 Å². The van der Waals surface area contributed by atoms with Gasteiger partial charge in [0.05, 0.1) is 4.90 Å². The Labute approximate surface area is 190 Å². The number of nitrogens with one attached hydrogen (secondary N) is 1. The smallest absolute Gasteiger partial charge is 0.241 e. The Morgan fingerprint density at radius 2 is 1.56 bits per heavy atom. The zero-order valence-electron chi connectivity index (χ0n) is 18.2. The van der Waals surface area contributed by atoms with Gasteiger partial charge in [-0.3, -0.25) is 4.79 Å². The maximum Gasteiger partial charge on any atom is 0.241 e. The summed E-state index contributed by atoms with van der Waals surface area (Å²) in [5.74, 6) is 0.226. The first kappa shape index (κ1) is 22.5. The molecule has 1 saturated carbocycles. The van der Waals surface area contributed by atoms with Gasteiger partial charge in [-0.25, -0.2) is 13.1 Å². The van der Waals surface area contributed by atoms with E-state index in [0.29, 0.717) is 18.4 Å². The third-order valence-corrected chi connectivity index (χ3v) is 7.70. The monoisotopic (exact) mass is 450 g/mol. The van der Waals surface area contributed by atoms with E-state index in [1.54, 1.807) is 12.1 Å². The molecule has 3 aromatic rings. The van der Waals surface area contributed by atoms with Gasteiger partial charge in [0.15, 0.2) is 0 Å². The standard InChI is InChI=1S/C26H30N2O3S/c29-26(22-12-3-1-4-13-22)28(23-15-5-2-6-16-23)20-10-19-27-32(30,31)25-18-9-14-21-11-7-8-17-24(21)25/h2,5-9,11,14-18,22,27H,1,3-4,10,12-13,19-20H2. The first-order valence-corrected chi connectivity index (χ1v) is 12.9. The molecule has 0 saturated heterocycles. The van der Waals surface area contributed by atoms with Gasteiger partial charge in [0, 0.05) is 30.1 Å². The number of rotatable bonds is 8. The number of carbonyl (C=O) groups is 1. The minimum atomic E-state index is -3.64. The summed E-state index contributed by atoms with van der Waals surface area (Å²) in [4.78, 5) is 15.4. The molecule has 0 radical (unpaired) electrons. The number of benzene rings is 3. The van der Waals surface area contributed by atoms with Gasteiger partial charge in [-0.1, -0.05) is 73.9 Å². The van der Waals surface area contributed by atoms with Crippen molar-refractivity contribution < 1.29 is 13.2 Å². The van der Waals surface area contributed by atoms with E-state index >= 15 is 0 Å². The molecule has 0 aromatic heterocycles. The molecule has 32 heavy (non-hydrogen) atoms. The van der Waals surface area contributed by atoms with E-state index in [2.05, 4.69) is 4.72 Å². The van der Waals surface area contributed by atoms with Gasteiger partial charge in [-0.2, -0.15) is 0 Å². The van der Waals surface area contributed by atoms with Gasteiger partial charge in [0.1, 0.15) is 0 Å². The van der Waals surface area contributed by atoms with Crippen molar-refractivity contribution in [1.82, 2.24) is 4.72 Å². The van der Waals surface area contributed by atoms with Crippen LogP contribution < -0.4 is 9.62 Å². The van der Waals surface area contributed by atoms with Gasteiger partial charge >= 0.3 is 0 Å². The van der Waals surface area contributed by atoms with E-state index in [1.165, 1.54) is 6.42 Å². The summed E-state index contributed by atoms with van der Waals surface area (Å²) in [6.07, 6.45) is 5.82. The summed E-state index contributed by atoms with van der Waals surface area (Å²) in [6, 6.07) is 22.5. The zero-order valence-corrected chi connectivity index (χ0v) is 19.1. The highest BCUT2D eigenvalue weighted by atomic mass is 32.2. The molecule has 0 unspecified atom stereocenters. The minimum absolute atomic E-state index is 0.0660.